The molecular weight excluding hydrogens is 274 g/mol. The summed E-state index contributed by atoms with van der Waals surface area (Å²) in [6.45, 7) is 2.17. The zero-order valence-electron chi connectivity index (χ0n) is 13.2. The Morgan fingerprint density at radius 3 is 2.23 bits per heavy atom. The van der Waals surface area contributed by atoms with Crippen LogP contribution in [0.4, 0.5) is 4.79 Å². The zero-order valence-corrected chi connectivity index (χ0v) is 13.2. The molecule has 118 valence electrons. The van der Waals surface area contributed by atoms with Crippen molar-refractivity contribution in [1.82, 2.24) is 5.32 Å². The lowest BCUT2D eigenvalue weighted by molar-refractivity contribution is -0.0481. The molecule has 4 bridgehead atoms. The molecule has 3 nitrogen and oxygen atoms in total. The van der Waals surface area contributed by atoms with Crippen molar-refractivity contribution in [3.8, 4) is 5.75 Å². The predicted molar refractivity (Wildman–Crippen MR) is 85.6 cm³/mol. The first kappa shape index (κ1) is 14.1. The van der Waals surface area contributed by atoms with Crippen LogP contribution in [0.2, 0.25) is 0 Å². The maximum Gasteiger partial charge on any atom is 0.412 e. The smallest absolute Gasteiger partial charge is 0.410 e. The summed E-state index contributed by atoms with van der Waals surface area (Å²) in [4.78, 5) is 12.1. The van der Waals surface area contributed by atoms with Crippen molar-refractivity contribution >= 4 is 6.09 Å². The highest BCUT2D eigenvalue weighted by Crippen LogP contribution is 2.57. The Kier molecular flexibility index (Phi) is 3.59. The third-order valence-corrected chi connectivity index (χ3v) is 6.18. The van der Waals surface area contributed by atoms with E-state index in [1.165, 1.54) is 32.1 Å². The van der Waals surface area contributed by atoms with Gasteiger partial charge in [0.25, 0.3) is 0 Å². The van der Waals surface area contributed by atoms with E-state index in [1.807, 2.05) is 30.3 Å². The van der Waals surface area contributed by atoms with Crippen LogP contribution in [0.3, 0.4) is 0 Å². The number of hydrogen-bond acceptors (Lipinski definition) is 2. The highest BCUT2D eigenvalue weighted by molar-refractivity contribution is 5.70. The van der Waals surface area contributed by atoms with Crippen LogP contribution in [0.1, 0.15) is 39.0 Å². The van der Waals surface area contributed by atoms with E-state index in [1.54, 1.807) is 0 Å². The van der Waals surface area contributed by atoms with Crippen molar-refractivity contribution in [3.63, 3.8) is 0 Å². The molecule has 22 heavy (non-hydrogen) atoms. The first-order valence-electron chi connectivity index (χ1n) is 8.72. The molecule has 4 aliphatic rings. The highest BCUT2D eigenvalue weighted by atomic mass is 16.6. The van der Waals surface area contributed by atoms with Crippen LogP contribution in [0.5, 0.6) is 5.75 Å². The van der Waals surface area contributed by atoms with Crippen molar-refractivity contribution in [2.24, 2.45) is 29.6 Å². The van der Waals surface area contributed by atoms with E-state index in [9.17, 15) is 4.79 Å². The first-order chi connectivity index (χ1) is 10.7. The minimum atomic E-state index is -0.312. The molecule has 0 spiro atoms. The van der Waals surface area contributed by atoms with Crippen LogP contribution in [0, 0.1) is 29.6 Å². The van der Waals surface area contributed by atoms with Crippen molar-refractivity contribution in [2.75, 3.05) is 0 Å². The Balaban J connectivity index is 1.38. The number of ether oxygens (including phenoxy) is 1. The number of amides is 1. The van der Waals surface area contributed by atoms with E-state index in [2.05, 4.69) is 12.2 Å². The van der Waals surface area contributed by atoms with Gasteiger partial charge in [-0.05, 0) is 80.8 Å². The quantitative estimate of drug-likeness (QED) is 0.906. The van der Waals surface area contributed by atoms with Gasteiger partial charge in [-0.15, -0.1) is 0 Å². The second kappa shape index (κ2) is 5.60. The van der Waals surface area contributed by atoms with Crippen LogP contribution in [0.15, 0.2) is 30.3 Å². The van der Waals surface area contributed by atoms with E-state index in [0.29, 0.717) is 11.7 Å². The molecule has 1 N–H and O–H groups in total. The van der Waals surface area contributed by atoms with Crippen molar-refractivity contribution in [1.29, 1.82) is 0 Å². The van der Waals surface area contributed by atoms with Gasteiger partial charge in [0.1, 0.15) is 5.75 Å². The molecular formula is C19H25NO2. The van der Waals surface area contributed by atoms with Gasteiger partial charge in [0, 0.05) is 6.04 Å². The van der Waals surface area contributed by atoms with E-state index in [0.717, 1.165) is 23.7 Å². The summed E-state index contributed by atoms with van der Waals surface area (Å²) in [6, 6.07) is 9.52. The number of hydrogen-bond donors (Lipinski definition) is 1. The van der Waals surface area contributed by atoms with Crippen LogP contribution >= 0.6 is 0 Å². The zero-order chi connectivity index (χ0) is 15.1. The Hall–Kier alpha value is -1.51. The van der Waals surface area contributed by atoms with Gasteiger partial charge < -0.3 is 10.1 Å². The molecule has 4 saturated carbocycles. The van der Waals surface area contributed by atoms with E-state index >= 15 is 0 Å². The molecule has 3 heteroatoms. The van der Waals surface area contributed by atoms with Crippen LogP contribution < -0.4 is 10.1 Å². The standard InChI is InChI=1S/C19H25NO2/c1-12(20-19(21)22-17-5-3-2-4-6-17)18-15-8-13-7-14(10-15)11-16(18)9-13/h2-6,12-16,18H,7-11H2,1H3,(H,20,21). The monoisotopic (exact) mass is 299 g/mol. The fourth-order valence-corrected chi connectivity index (χ4v) is 5.69. The first-order valence-corrected chi connectivity index (χ1v) is 8.72. The van der Waals surface area contributed by atoms with Gasteiger partial charge in [0.15, 0.2) is 0 Å². The van der Waals surface area contributed by atoms with Crippen LogP contribution in [0.25, 0.3) is 0 Å². The average molecular weight is 299 g/mol. The Morgan fingerprint density at radius 1 is 1.05 bits per heavy atom. The molecule has 1 atom stereocenters. The number of benzene rings is 1. The van der Waals surface area contributed by atoms with Gasteiger partial charge in [-0.3, -0.25) is 0 Å². The van der Waals surface area contributed by atoms with Crippen molar-refractivity contribution in [3.05, 3.63) is 30.3 Å². The minimum Gasteiger partial charge on any atom is -0.410 e. The SMILES string of the molecule is CC(NC(=O)Oc1ccccc1)C1C2CC3CC(C2)CC1C3. The Bertz CT molecular complexity index is 514. The summed E-state index contributed by atoms with van der Waals surface area (Å²) < 4.78 is 5.38. The van der Waals surface area contributed by atoms with E-state index in [4.69, 9.17) is 4.74 Å². The number of rotatable bonds is 3. The average Bonchev–Trinajstić information content (AvgIpc) is 2.46. The summed E-state index contributed by atoms with van der Waals surface area (Å²) in [6.07, 6.45) is 6.70. The van der Waals surface area contributed by atoms with Crippen molar-refractivity contribution in [2.45, 2.75) is 45.1 Å². The summed E-state index contributed by atoms with van der Waals surface area (Å²) in [7, 11) is 0. The van der Waals surface area contributed by atoms with Gasteiger partial charge in [-0.25, -0.2) is 4.79 Å². The number of nitrogens with one attached hydrogen (secondary N) is 1. The summed E-state index contributed by atoms with van der Waals surface area (Å²) in [5, 5.41) is 3.10. The lowest BCUT2D eigenvalue weighted by atomic mass is 9.50. The molecule has 0 saturated heterocycles. The summed E-state index contributed by atoms with van der Waals surface area (Å²) in [5.74, 6) is 4.85. The maximum absolute atomic E-state index is 12.1. The normalized spacial score (nSPS) is 36.9. The third-order valence-electron chi connectivity index (χ3n) is 6.18. The topological polar surface area (TPSA) is 38.3 Å². The fraction of sp³-hybridized carbons (Fsp3) is 0.632. The maximum atomic E-state index is 12.1. The van der Waals surface area contributed by atoms with Gasteiger partial charge in [0.05, 0.1) is 0 Å². The second-order valence-electron chi connectivity index (χ2n) is 7.64. The lowest BCUT2D eigenvalue weighted by Gasteiger charge is -2.56. The van der Waals surface area contributed by atoms with Gasteiger partial charge in [-0.2, -0.15) is 0 Å². The molecule has 1 aromatic rings. The predicted octanol–water partition coefficient (Wildman–Crippen LogP) is 4.24. The fourth-order valence-electron chi connectivity index (χ4n) is 5.69. The highest BCUT2D eigenvalue weighted by Gasteiger charge is 2.49. The largest absolute Gasteiger partial charge is 0.412 e. The third kappa shape index (κ3) is 2.62. The Labute approximate surface area is 132 Å². The van der Waals surface area contributed by atoms with E-state index < -0.39 is 0 Å². The van der Waals surface area contributed by atoms with Gasteiger partial charge >= 0.3 is 6.09 Å². The summed E-state index contributed by atoms with van der Waals surface area (Å²) >= 11 is 0. The molecule has 4 aliphatic carbocycles. The minimum absolute atomic E-state index is 0.214. The van der Waals surface area contributed by atoms with Gasteiger partial charge in [0.2, 0.25) is 0 Å². The molecule has 0 aromatic heterocycles. The molecule has 1 unspecified atom stereocenters. The molecule has 1 aromatic carbocycles. The van der Waals surface area contributed by atoms with Crippen molar-refractivity contribution < 1.29 is 9.53 Å². The number of carbonyl (C=O) groups excluding carboxylic acids is 1. The molecule has 0 aliphatic heterocycles. The molecule has 5 rings (SSSR count). The lowest BCUT2D eigenvalue weighted by Crippen LogP contribution is -2.53. The number of para-hydroxylation sites is 1. The van der Waals surface area contributed by atoms with Gasteiger partial charge in [-0.1, -0.05) is 18.2 Å². The van der Waals surface area contributed by atoms with Crippen LogP contribution in [-0.2, 0) is 0 Å². The van der Waals surface area contributed by atoms with E-state index in [-0.39, 0.29) is 12.1 Å². The Morgan fingerprint density at radius 2 is 1.64 bits per heavy atom. The second-order valence-corrected chi connectivity index (χ2v) is 7.64. The number of carbonyl (C=O) groups is 1. The summed E-state index contributed by atoms with van der Waals surface area (Å²) in [5.41, 5.74) is 0. The van der Waals surface area contributed by atoms with Crippen LogP contribution in [-0.4, -0.2) is 12.1 Å². The molecule has 0 heterocycles. The molecule has 1 amide bonds. The molecule has 0 radical (unpaired) electrons. The molecule has 4 fully saturated rings.